The highest BCUT2D eigenvalue weighted by molar-refractivity contribution is 5.91. The molecule has 1 aromatic heterocycles. The van der Waals surface area contributed by atoms with Crippen molar-refractivity contribution in [3.8, 4) is 11.6 Å². The Kier molecular flexibility index (Phi) is 3.79. The molecule has 1 aromatic carbocycles. The molecule has 2 rings (SSSR count). The lowest BCUT2D eigenvalue weighted by Gasteiger charge is -2.08. The van der Waals surface area contributed by atoms with Crippen LogP contribution in [0.25, 0.3) is 0 Å². The van der Waals surface area contributed by atoms with Crippen LogP contribution in [-0.2, 0) is 0 Å². The van der Waals surface area contributed by atoms with E-state index in [2.05, 4.69) is 15.5 Å². The molecule has 0 radical (unpaired) electrons. The van der Waals surface area contributed by atoms with Gasteiger partial charge in [-0.15, -0.1) is 10.2 Å². The Bertz CT molecular complexity index is 644. The van der Waals surface area contributed by atoms with E-state index in [1.54, 1.807) is 6.92 Å². The van der Waals surface area contributed by atoms with Crippen LogP contribution in [0.15, 0.2) is 24.3 Å². The highest BCUT2D eigenvalue weighted by Gasteiger charge is 2.10. The van der Waals surface area contributed by atoms with Gasteiger partial charge >= 0.3 is 0 Å². The lowest BCUT2D eigenvalue weighted by Crippen LogP contribution is -2.19. The van der Waals surface area contributed by atoms with Gasteiger partial charge in [0.15, 0.2) is 17.3 Å². The van der Waals surface area contributed by atoms with Gasteiger partial charge in [0.1, 0.15) is 0 Å². The van der Waals surface area contributed by atoms with Crippen molar-refractivity contribution in [2.45, 2.75) is 6.92 Å². The lowest BCUT2D eigenvalue weighted by atomic mass is 10.2. The van der Waals surface area contributed by atoms with Crippen molar-refractivity contribution >= 4 is 11.6 Å². The predicted molar refractivity (Wildman–Crippen MR) is 71.0 cm³/mol. The molecule has 0 aliphatic heterocycles. The first-order valence-corrected chi connectivity index (χ1v) is 5.80. The van der Waals surface area contributed by atoms with Crippen LogP contribution in [0.1, 0.15) is 16.1 Å². The Morgan fingerprint density at radius 3 is 2.70 bits per heavy atom. The number of ether oxygens (including phenoxy) is 1. The summed E-state index contributed by atoms with van der Waals surface area (Å²) in [5.41, 5.74) is 6.76. The number of nitrogens with zero attached hydrogens (tertiary/aromatic N) is 2. The number of nitrogens with one attached hydrogen (secondary N) is 1. The molecule has 6 nitrogen and oxygen atoms in total. The van der Waals surface area contributed by atoms with Crippen LogP contribution in [0.2, 0.25) is 0 Å². The third kappa shape index (κ3) is 2.82. The zero-order chi connectivity index (χ0) is 14.7. The number of rotatable bonds is 3. The quantitative estimate of drug-likeness (QED) is 0.832. The van der Waals surface area contributed by atoms with Crippen LogP contribution >= 0.6 is 0 Å². The Balaban J connectivity index is 2.22. The second-order valence-electron chi connectivity index (χ2n) is 4.08. The summed E-state index contributed by atoms with van der Waals surface area (Å²) in [6, 6.07) is 5.52. The molecule has 0 atom stereocenters. The summed E-state index contributed by atoms with van der Waals surface area (Å²) in [5, 5.41) is 9.80. The molecule has 0 saturated carbocycles. The molecule has 0 saturated heterocycles. The van der Waals surface area contributed by atoms with E-state index in [1.807, 2.05) is 0 Å². The van der Waals surface area contributed by atoms with Gasteiger partial charge in [0.05, 0.1) is 0 Å². The minimum absolute atomic E-state index is 0.00121. The smallest absolute Gasteiger partial charge is 0.271 e. The van der Waals surface area contributed by atoms with Gasteiger partial charge in [-0.25, -0.2) is 4.39 Å². The molecular formula is C13H13FN4O2. The average Bonchev–Trinajstić information content (AvgIpc) is 2.44. The normalized spacial score (nSPS) is 10.2. The van der Waals surface area contributed by atoms with Crippen LogP contribution in [0, 0.1) is 12.7 Å². The van der Waals surface area contributed by atoms with Crippen molar-refractivity contribution < 1.29 is 13.9 Å². The van der Waals surface area contributed by atoms with Gasteiger partial charge in [0.2, 0.25) is 5.88 Å². The molecule has 0 aliphatic rings. The monoisotopic (exact) mass is 276 g/mol. The molecule has 1 heterocycles. The number of hydrogen-bond donors (Lipinski definition) is 2. The molecule has 1 amide bonds. The summed E-state index contributed by atoms with van der Waals surface area (Å²) < 4.78 is 18.9. The fraction of sp³-hybridized carbons (Fsp3) is 0.154. The highest BCUT2D eigenvalue weighted by atomic mass is 19.1. The van der Waals surface area contributed by atoms with Gasteiger partial charge in [0.25, 0.3) is 5.91 Å². The minimum Gasteiger partial charge on any atom is -0.434 e. The second-order valence-corrected chi connectivity index (χ2v) is 4.08. The van der Waals surface area contributed by atoms with Crippen molar-refractivity contribution in [3.63, 3.8) is 0 Å². The van der Waals surface area contributed by atoms with Crippen molar-refractivity contribution in [2.75, 3.05) is 12.8 Å². The van der Waals surface area contributed by atoms with Crippen LogP contribution in [0.4, 0.5) is 10.1 Å². The maximum atomic E-state index is 13.7. The van der Waals surface area contributed by atoms with Crippen LogP contribution < -0.4 is 15.8 Å². The minimum atomic E-state index is -0.592. The SMILES string of the molecule is CNC(=O)c1ccc(Oc2cc(C)c(N)cc2F)nn1. The van der Waals surface area contributed by atoms with Gasteiger partial charge in [-0.1, -0.05) is 0 Å². The van der Waals surface area contributed by atoms with Gasteiger partial charge < -0.3 is 15.8 Å². The van der Waals surface area contributed by atoms with Crippen LogP contribution in [-0.4, -0.2) is 23.2 Å². The molecular weight excluding hydrogens is 263 g/mol. The first kappa shape index (κ1) is 13.7. The van der Waals surface area contributed by atoms with E-state index in [0.717, 1.165) is 0 Å². The first-order chi connectivity index (χ1) is 9.51. The summed E-state index contributed by atoms with van der Waals surface area (Å²) in [7, 11) is 1.49. The molecule has 7 heteroatoms. The van der Waals surface area contributed by atoms with Gasteiger partial charge in [0, 0.05) is 24.9 Å². The van der Waals surface area contributed by atoms with E-state index >= 15 is 0 Å². The number of hydrogen-bond acceptors (Lipinski definition) is 5. The Labute approximate surface area is 114 Å². The number of nitrogen functional groups attached to an aromatic ring is 1. The zero-order valence-corrected chi connectivity index (χ0v) is 11.0. The van der Waals surface area contributed by atoms with Gasteiger partial charge in [-0.05, 0) is 24.6 Å². The summed E-state index contributed by atoms with van der Waals surface area (Å²) >= 11 is 0. The molecule has 0 spiro atoms. The molecule has 0 fully saturated rings. The summed E-state index contributed by atoms with van der Waals surface area (Å²) in [5.74, 6) is -0.872. The Morgan fingerprint density at radius 1 is 1.35 bits per heavy atom. The lowest BCUT2D eigenvalue weighted by molar-refractivity contribution is 0.0957. The largest absolute Gasteiger partial charge is 0.434 e. The maximum absolute atomic E-state index is 13.7. The van der Waals surface area contributed by atoms with Gasteiger partial charge in [-0.3, -0.25) is 4.79 Å². The van der Waals surface area contributed by atoms with E-state index in [4.69, 9.17) is 10.5 Å². The van der Waals surface area contributed by atoms with E-state index in [0.29, 0.717) is 11.3 Å². The van der Waals surface area contributed by atoms with Crippen LogP contribution in [0.5, 0.6) is 11.6 Å². The van der Waals surface area contributed by atoms with E-state index in [1.165, 1.54) is 31.3 Å². The number of anilines is 1. The van der Waals surface area contributed by atoms with E-state index < -0.39 is 5.82 Å². The summed E-state index contributed by atoms with van der Waals surface area (Å²) in [6.45, 7) is 1.74. The fourth-order valence-corrected chi connectivity index (χ4v) is 1.48. The molecule has 0 unspecified atom stereocenters. The summed E-state index contributed by atoms with van der Waals surface area (Å²) in [6.07, 6.45) is 0. The van der Waals surface area contributed by atoms with E-state index in [9.17, 15) is 9.18 Å². The summed E-state index contributed by atoms with van der Waals surface area (Å²) in [4.78, 5) is 11.3. The molecule has 0 bridgehead atoms. The number of amides is 1. The number of benzene rings is 1. The average molecular weight is 276 g/mol. The van der Waals surface area contributed by atoms with Crippen molar-refractivity contribution in [2.24, 2.45) is 0 Å². The topological polar surface area (TPSA) is 90.1 Å². The number of carbonyl (C=O) groups is 1. The Morgan fingerprint density at radius 2 is 2.10 bits per heavy atom. The van der Waals surface area contributed by atoms with Crippen molar-refractivity contribution in [1.29, 1.82) is 0 Å². The third-order valence-corrected chi connectivity index (χ3v) is 2.63. The van der Waals surface area contributed by atoms with Crippen molar-refractivity contribution in [3.05, 3.63) is 41.3 Å². The number of carbonyl (C=O) groups excluding carboxylic acids is 1. The molecule has 20 heavy (non-hydrogen) atoms. The standard InChI is InChI=1S/C13H13FN4O2/c1-7-5-11(8(14)6-9(7)15)20-12-4-3-10(17-18-12)13(19)16-2/h3-6H,15H2,1-2H3,(H,16,19). The maximum Gasteiger partial charge on any atom is 0.271 e. The first-order valence-electron chi connectivity index (χ1n) is 5.80. The number of nitrogens with two attached hydrogens (primary N) is 1. The molecule has 104 valence electrons. The molecule has 2 aromatic rings. The Hall–Kier alpha value is -2.70. The third-order valence-electron chi connectivity index (χ3n) is 2.63. The fourth-order valence-electron chi connectivity index (χ4n) is 1.48. The van der Waals surface area contributed by atoms with Gasteiger partial charge in [-0.2, -0.15) is 0 Å². The number of aryl methyl sites for hydroxylation is 1. The second kappa shape index (κ2) is 5.52. The van der Waals surface area contributed by atoms with E-state index in [-0.39, 0.29) is 23.2 Å². The van der Waals surface area contributed by atoms with Crippen molar-refractivity contribution in [1.82, 2.24) is 15.5 Å². The zero-order valence-electron chi connectivity index (χ0n) is 11.0. The predicted octanol–water partition coefficient (Wildman–Crippen LogP) is 1.66. The molecule has 3 N–H and O–H groups in total. The number of aromatic nitrogens is 2. The molecule has 0 aliphatic carbocycles. The highest BCUT2D eigenvalue weighted by Crippen LogP contribution is 2.27. The number of halogens is 1. The van der Waals surface area contributed by atoms with Crippen LogP contribution in [0.3, 0.4) is 0 Å².